The zero-order valence-corrected chi connectivity index (χ0v) is 16.6. The fraction of sp³-hybridized carbons (Fsp3) is 0. The van der Waals surface area contributed by atoms with Crippen LogP contribution in [0.25, 0.3) is 65.4 Å². The van der Waals surface area contributed by atoms with Crippen LogP contribution in [0.3, 0.4) is 0 Å². The second kappa shape index (κ2) is 5.88. The Morgan fingerprint density at radius 3 is 2.03 bits per heavy atom. The smallest absolute Gasteiger partial charge is 0.136 e. The third-order valence-electron chi connectivity index (χ3n) is 6.31. The molecular formula is C28H12N2O2. The van der Waals surface area contributed by atoms with E-state index in [2.05, 4.69) is 12.1 Å². The van der Waals surface area contributed by atoms with Crippen molar-refractivity contribution in [3.8, 4) is 12.1 Å². The van der Waals surface area contributed by atoms with Gasteiger partial charge in [-0.15, -0.1) is 0 Å². The first-order valence-electron chi connectivity index (χ1n) is 10.2. The minimum atomic E-state index is 0.568. The van der Waals surface area contributed by atoms with Crippen molar-refractivity contribution in [3.05, 3.63) is 83.9 Å². The van der Waals surface area contributed by atoms with Crippen molar-refractivity contribution in [1.29, 1.82) is 10.5 Å². The maximum Gasteiger partial charge on any atom is 0.136 e. The first-order chi connectivity index (χ1) is 15.8. The normalized spacial score (nSPS) is 11.7. The first-order valence-corrected chi connectivity index (χ1v) is 10.2. The van der Waals surface area contributed by atoms with Crippen LogP contribution in [0.15, 0.2) is 81.6 Å². The minimum absolute atomic E-state index is 0.568. The van der Waals surface area contributed by atoms with Gasteiger partial charge >= 0.3 is 0 Å². The van der Waals surface area contributed by atoms with E-state index in [0.29, 0.717) is 16.7 Å². The van der Waals surface area contributed by atoms with Crippen LogP contribution in [0.4, 0.5) is 0 Å². The molecule has 0 saturated heterocycles. The lowest BCUT2D eigenvalue weighted by Crippen LogP contribution is -1.92. The Hall–Kier alpha value is -4.80. The van der Waals surface area contributed by atoms with E-state index in [0.717, 1.165) is 59.8 Å². The first kappa shape index (κ1) is 16.9. The fourth-order valence-corrected chi connectivity index (χ4v) is 5.04. The summed E-state index contributed by atoms with van der Waals surface area (Å²) >= 11 is 0. The molecule has 0 aliphatic heterocycles. The van der Waals surface area contributed by atoms with Gasteiger partial charge in [-0.25, -0.2) is 0 Å². The van der Waals surface area contributed by atoms with Gasteiger partial charge < -0.3 is 8.83 Å². The van der Waals surface area contributed by atoms with Crippen molar-refractivity contribution < 1.29 is 8.83 Å². The van der Waals surface area contributed by atoms with E-state index < -0.39 is 0 Å². The predicted molar refractivity (Wildman–Crippen MR) is 125 cm³/mol. The Balaban J connectivity index is 1.99. The summed E-state index contributed by atoms with van der Waals surface area (Å²) in [6.07, 6.45) is 0. The number of hydrogen-bond acceptors (Lipinski definition) is 4. The topological polar surface area (TPSA) is 73.9 Å². The molecule has 0 bridgehead atoms. The number of rotatable bonds is 0. The number of para-hydroxylation sites is 1. The molecule has 5 aromatic carbocycles. The van der Waals surface area contributed by atoms with Gasteiger partial charge in [0.1, 0.15) is 22.3 Å². The summed E-state index contributed by atoms with van der Waals surface area (Å²) < 4.78 is 12.6. The number of hydrogen-bond donors (Lipinski definition) is 0. The summed E-state index contributed by atoms with van der Waals surface area (Å²) in [6.45, 7) is 0. The maximum atomic E-state index is 9.94. The average Bonchev–Trinajstić information content (AvgIpc) is 2.85. The Labute approximate surface area is 181 Å². The van der Waals surface area contributed by atoms with Gasteiger partial charge in [-0.05, 0) is 47.9 Å². The third-order valence-corrected chi connectivity index (χ3v) is 6.31. The SMILES string of the molecule is N#Cc1ccc2oc3cccc4c5c(C#N)ccc6oc7ccccc7c(c65)c(c2c1)c34. The van der Waals surface area contributed by atoms with Crippen LogP contribution in [0.2, 0.25) is 0 Å². The molecule has 0 unspecified atom stereocenters. The van der Waals surface area contributed by atoms with E-state index in [-0.39, 0.29) is 0 Å². The van der Waals surface area contributed by atoms with E-state index in [9.17, 15) is 10.5 Å². The highest BCUT2D eigenvalue weighted by atomic mass is 16.3. The molecule has 0 radical (unpaired) electrons. The van der Waals surface area contributed by atoms with Crippen molar-refractivity contribution in [2.75, 3.05) is 0 Å². The number of benzene rings is 5. The molecule has 7 rings (SSSR count). The summed E-state index contributed by atoms with van der Waals surface area (Å²) in [5.74, 6) is 0. The van der Waals surface area contributed by atoms with E-state index >= 15 is 0 Å². The Morgan fingerprint density at radius 2 is 1.19 bits per heavy atom. The van der Waals surface area contributed by atoms with Crippen molar-refractivity contribution in [2.45, 2.75) is 0 Å². The van der Waals surface area contributed by atoms with Crippen LogP contribution in [0.5, 0.6) is 0 Å². The highest BCUT2D eigenvalue weighted by molar-refractivity contribution is 6.40. The van der Waals surface area contributed by atoms with Gasteiger partial charge in [-0.2, -0.15) is 10.5 Å². The summed E-state index contributed by atoms with van der Waals surface area (Å²) in [6, 6.07) is 27.7. The monoisotopic (exact) mass is 408 g/mol. The Kier molecular flexibility index (Phi) is 3.11. The predicted octanol–water partition coefficient (Wildman–Crippen LogP) is 7.54. The Morgan fingerprint density at radius 1 is 0.500 bits per heavy atom. The molecular weight excluding hydrogens is 396 g/mol. The minimum Gasteiger partial charge on any atom is -0.456 e. The molecule has 0 aliphatic carbocycles. The summed E-state index contributed by atoms with van der Waals surface area (Å²) in [5.41, 5.74) is 4.10. The van der Waals surface area contributed by atoms with Crippen LogP contribution < -0.4 is 0 Å². The third kappa shape index (κ3) is 1.99. The number of fused-ring (bicyclic) bond motifs is 6. The van der Waals surface area contributed by atoms with Crippen LogP contribution >= 0.6 is 0 Å². The van der Waals surface area contributed by atoms with Gasteiger partial charge in [0.2, 0.25) is 0 Å². The van der Waals surface area contributed by atoms with Crippen LogP contribution in [-0.4, -0.2) is 0 Å². The molecule has 0 amide bonds. The largest absolute Gasteiger partial charge is 0.456 e. The zero-order chi connectivity index (χ0) is 21.4. The van der Waals surface area contributed by atoms with E-state index in [1.165, 1.54) is 0 Å². The van der Waals surface area contributed by atoms with Crippen LogP contribution in [-0.2, 0) is 0 Å². The zero-order valence-electron chi connectivity index (χ0n) is 16.6. The molecule has 0 fully saturated rings. The summed E-state index contributed by atoms with van der Waals surface area (Å²) in [4.78, 5) is 0. The molecule has 7 aromatic rings. The maximum absolute atomic E-state index is 9.94. The van der Waals surface area contributed by atoms with E-state index in [1.807, 2.05) is 66.7 Å². The number of nitrogens with zero attached hydrogens (tertiary/aromatic N) is 2. The fourth-order valence-electron chi connectivity index (χ4n) is 5.04. The van der Waals surface area contributed by atoms with Gasteiger partial charge in [0.15, 0.2) is 0 Å². The molecule has 0 atom stereocenters. The lowest BCUT2D eigenvalue weighted by Gasteiger charge is -2.17. The highest BCUT2D eigenvalue weighted by Gasteiger charge is 2.22. The molecule has 4 nitrogen and oxygen atoms in total. The number of nitriles is 2. The molecule has 2 heterocycles. The van der Waals surface area contributed by atoms with Crippen molar-refractivity contribution in [1.82, 2.24) is 0 Å². The second-order valence-electron chi connectivity index (χ2n) is 7.92. The van der Waals surface area contributed by atoms with Gasteiger partial charge in [-0.3, -0.25) is 0 Å². The highest BCUT2D eigenvalue weighted by Crippen LogP contribution is 2.47. The molecule has 146 valence electrons. The van der Waals surface area contributed by atoms with Gasteiger partial charge in [0.05, 0.1) is 23.3 Å². The quantitative estimate of drug-likeness (QED) is 0.192. The van der Waals surface area contributed by atoms with E-state index in [4.69, 9.17) is 8.83 Å². The van der Waals surface area contributed by atoms with Crippen LogP contribution in [0.1, 0.15) is 11.1 Å². The lowest BCUT2D eigenvalue weighted by atomic mass is 9.88. The van der Waals surface area contributed by atoms with Gasteiger partial charge in [0.25, 0.3) is 0 Å². The summed E-state index contributed by atoms with van der Waals surface area (Å²) in [7, 11) is 0. The lowest BCUT2D eigenvalue weighted by molar-refractivity contribution is 0.661. The van der Waals surface area contributed by atoms with Crippen molar-refractivity contribution >= 4 is 65.4 Å². The molecule has 32 heavy (non-hydrogen) atoms. The summed E-state index contributed by atoms with van der Waals surface area (Å²) in [5, 5.41) is 27.0. The molecule has 4 heteroatoms. The Bertz CT molecular complexity index is 2010. The van der Waals surface area contributed by atoms with Crippen molar-refractivity contribution in [3.63, 3.8) is 0 Å². The van der Waals surface area contributed by atoms with Crippen LogP contribution in [0, 0.1) is 22.7 Å². The molecule has 0 saturated carbocycles. The average molecular weight is 408 g/mol. The van der Waals surface area contributed by atoms with Crippen molar-refractivity contribution in [2.24, 2.45) is 0 Å². The molecule has 0 aliphatic rings. The second-order valence-corrected chi connectivity index (χ2v) is 7.92. The van der Waals surface area contributed by atoms with Gasteiger partial charge in [0, 0.05) is 37.7 Å². The van der Waals surface area contributed by atoms with E-state index in [1.54, 1.807) is 6.07 Å². The van der Waals surface area contributed by atoms with Gasteiger partial charge in [-0.1, -0.05) is 30.3 Å². The molecule has 2 aromatic heterocycles. The molecule has 0 spiro atoms. The standard InChI is InChI=1S/C28H12N2O2/c29-13-15-8-10-21-19(12-15)27-25-18(5-3-7-22(25)32-21)24-16(14-30)9-11-23-28(24)26(27)17-4-1-2-6-20(17)31-23/h1-12H. The molecule has 0 N–H and O–H groups in total.